The van der Waals surface area contributed by atoms with E-state index in [0.29, 0.717) is 54.6 Å². The van der Waals surface area contributed by atoms with Crippen LogP contribution >= 0.6 is 0 Å². The van der Waals surface area contributed by atoms with Crippen LogP contribution in [0.2, 0.25) is 0 Å². The number of piperazine rings is 1. The van der Waals surface area contributed by atoms with Crippen molar-refractivity contribution in [1.82, 2.24) is 9.21 Å². The zero-order chi connectivity index (χ0) is 24.1. The van der Waals surface area contributed by atoms with Gasteiger partial charge in [-0.05, 0) is 48.9 Å². The molecule has 1 N–H and O–H groups in total. The fourth-order valence-electron chi connectivity index (χ4n) is 4.00. The van der Waals surface area contributed by atoms with Crippen LogP contribution in [0.3, 0.4) is 0 Å². The third kappa shape index (κ3) is 5.47. The normalized spacial score (nSPS) is 15.1. The maximum Gasteiger partial charge on any atom is 0.255 e. The second kappa shape index (κ2) is 10.4. The highest BCUT2D eigenvalue weighted by atomic mass is 32.2. The van der Waals surface area contributed by atoms with Gasteiger partial charge in [-0.15, -0.1) is 0 Å². The minimum atomic E-state index is -3.49. The number of rotatable bonds is 7. The lowest BCUT2D eigenvalue weighted by atomic mass is 10.1. The number of methoxy groups -OCH3 is 1. The van der Waals surface area contributed by atoms with Crippen molar-refractivity contribution in [2.45, 2.75) is 18.4 Å². The molecular formula is C26H29N3O4S. The zero-order valence-corrected chi connectivity index (χ0v) is 20.2. The summed E-state index contributed by atoms with van der Waals surface area (Å²) in [6.07, 6.45) is 0. The molecule has 0 atom stereocenters. The molecule has 0 aliphatic carbocycles. The van der Waals surface area contributed by atoms with Gasteiger partial charge in [0.2, 0.25) is 10.0 Å². The van der Waals surface area contributed by atoms with Crippen LogP contribution in [0.4, 0.5) is 5.69 Å². The Balaban J connectivity index is 1.37. The first kappa shape index (κ1) is 23.9. The molecule has 0 unspecified atom stereocenters. The maximum atomic E-state index is 12.9. The van der Waals surface area contributed by atoms with Crippen LogP contribution in [0.1, 0.15) is 21.5 Å². The second-order valence-corrected chi connectivity index (χ2v) is 10.3. The average Bonchev–Trinajstić information content (AvgIpc) is 2.85. The molecule has 1 aliphatic heterocycles. The average molecular weight is 480 g/mol. The van der Waals surface area contributed by atoms with Gasteiger partial charge >= 0.3 is 0 Å². The summed E-state index contributed by atoms with van der Waals surface area (Å²) in [6, 6.07) is 21.8. The van der Waals surface area contributed by atoms with E-state index in [1.807, 2.05) is 49.4 Å². The summed E-state index contributed by atoms with van der Waals surface area (Å²) in [7, 11) is -1.92. The van der Waals surface area contributed by atoms with E-state index in [1.165, 1.54) is 0 Å². The number of anilines is 1. The van der Waals surface area contributed by atoms with Crippen molar-refractivity contribution in [3.63, 3.8) is 0 Å². The summed E-state index contributed by atoms with van der Waals surface area (Å²) in [5, 5.41) is 2.90. The molecule has 1 amide bonds. The SMILES string of the molecule is COc1ccccc1NC(=O)c1cccc(CN2CCN(S(=O)(=O)c3ccc(C)cc3)CC2)c1. The van der Waals surface area contributed by atoms with E-state index in [9.17, 15) is 13.2 Å². The summed E-state index contributed by atoms with van der Waals surface area (Å²) in [5.74, 6) is 0.394. The molecule has 1 heterocycles. The number of nitrogens with one attached hydrogen (secondary N) is 1. The summed E-state index contributed by atoms with van der Waals surface area (Å²) in [4.78, 5) is 15.3. The van der Waals surface area contributed by atoms with Crippen LogP contribution in [0.5, 0.6) is 5.75 Å². The van der Waals surface area contributed by atoms with Crippen molar-refractivity contribution >= 4 is 21.6 Å². The Morgan fingerprint density at radius 2 is 1.65 bits per heavy atom. The Morgan fingerprint density at radius 1 is 0.941 bits per heavy atom. The largest absolute Gasteiger partial charge is 0.495 e. The molecule has 34 heavy (non-hydrogen) atoms. The zero-order valence-electron chi connectivity index (χ0n) is 19.4. The number of aryl methyl sites for hydroxylation is 1. The molecule has 1 fully saturated rings. The lowest BCUT2D eigenvalue weighted by molar-refractivity contribution is 0.102. The number of carbonyl (C=O) groups excluding carboxylic acids is 1. The highest BCUT2D eigenvalue weighted by molar-refractivity contribution is 7.89. The van der Waals surface area contributed by atoms with E-state index in [4.69, 9.17) is 4.74 Å². The molecule has 1 saturated heterocycles. The number of carbonyl (C=O) groups is 1. The van der Waals surface area contributed by atoms with E-state index in [2.05, 4.69) is 10.2 Å². The Kier molecular flexibility index (Phi) is 7.31. The number of nitrogens with zero attached hydrogens (tertiary/aromatic N) is 2. The number of benzene rings is 3. The van der Waals surface area contributed by atoms with Gasteiger partial charge in [-0.3, -0.25) is 9.69 Å². The van der Waals surface area contributed by atoms with Gasteiger partial charge < -0.3 is 10.1 Å². The van der Waals surface area contributed by atoms with Gasteiger partial charge in [-0.1, -0.05) is 42.0 Å². The summed E-state index contributed by atoms with van der Waals surface area (Å²) >= 11 is 0. The monoisotopic (exact) mass is 479 g/mol. The quantitative estimate of drug-likeness (QED) is 0.558. The molecule has 7 nitrogen and oxygen atoms in total. The first-order valence-corrected chi connectivity index (χ1v) is 12.6. The third-order valence-electron chi connectivity index (χ3n) is 5.94. The van der Waals surface area contributed by atoms with Gasteiger partial charge in [0.25, 0.3) is 5.91 Å². The molecule has 178 valence electrons. The van der Waals surface area contributed by atoms with Crippen molar-refractivity contribution in [3.05, 3.63) is 89.5 Å². The minimum absolute atomic E-state index is 0.208. The Hall–Kier alpha value is -3.20. The molecule has 3 aromatic carbocycles. The molecule has 8 heteroatoms. The van der Waals surface area contributed by atoms with Gasteiger partial charge in [0.05, 0.1) is 17.7 Å². The second-order valence-electron chi connectivity index (χ2n) is 8.35. The maximum absolute atomic E-state index is 12.9. The molecule has 1 aliphatic rings. The molecule has 0 spiro atoms. The molecule has 0 radical (unpaired) electrons. The highest BCUT2D eigenvalue weighted by Crippen LogP contribution is 2.24. The van der Waals surface area contributed by atoms with E-state index >= 15 is 0 Å². The minimum Gasteiger partial charge on any atom is -0.495 e. The molecule has 4 rings (SSSR count). The number of hydrogen-bond acceptors (Lipinski definition) is 5. The summed E-state index contributed by atoms with van der Waals surface area (Å²) in [5.41, 5.74) is 3.21. The highest BCUT2D eigenvalue weighted by Gasteiger charge is 2.28. The summed E-state index contributed by atoms with van der Waals surface area (Å²) in [6.45, 7) is 4.71. The van der Waals surface area contributed by atoms with Crippen LogP contribution in [-0.4, -0.2) is 56.8 Å². The predicted octanol–water partition coefficient (Wildman–Crippen LogP) is 3.76. The first-order chi connectivity index (χ1) is 16.4. The lowest BCUT2D eigenvalue weighted by Gasteiger charge is -2.34. The van der Waals surface area contributed by atoms with Crippen LogP contribution in [0.15, 0.2) is 77.7 Å². The number of para-hydroxylation sites is 2. The fourth-order valence-corrected chi connectivity index (χ4v) is 5.42. The molecular weight excluding hydrogens is 450 g/mol. The topological polar surface area (TPSA) is 79.0 Å². The van der Waals surface area contributed by atoms with E-state index in [-0.39, 0.29) is 5.91 Å². The number of sulfonamides is 1. The van der Waals surface area contributed by atoms with E-state index < -0.39 is 10.0 Å². The standard InChI is InChI=1S/C26H29N3O4S/c1-20-10-12-23(13-11-20)34(31,32)29-16-14-28(15-17-29)19-21-6-5-7-22(18-21)26(30)27-24-8-3-4-9-25(24)33-2/h3-13,18H,14-17,19H2,1-2H3,(H,27,30). The molecule has 3 aromatic rings. The molecule has 0 saturated carbocycles. The van der Waals surface area contributed by atoms with Crippen LogP contribution in [0.25, 0.3) is 0 Å². The first-order valence-electron chi connectivity index (χ1n) is 11.2. The number of hydrogen-bond donors (Lipinski definition) is 1. The van der Waals surface area contributed by atoms with E-state index in [1.54, 1.807) is 41.7 Å². The van der Waals surface area contributed by atoms with Crippen molar-refractivity contribution in [2.75, 3.05) is 38.6 Å². The van der Waals surface area contributed by atoms with E-state index in [0.717, 1.165) is 11.1 Å². The lowest BCUT2D eigenvalue weighted by Crippen LogP contribution is -2.48. The summed E-state index contributed by atoms with van der Waals surface area (Å²) < 4.78 is 32.7. The van der Waals surface area contributed by atoms with Gasteiger partial charge in [-0.25, -0.2) is 8.42 Å². The predicted molar refractivity (Wildman–Crippen MR) is 133 cm³/mol. The Morgan fingerprint density at radius 3 is 2.35 bits per heavy atom. The van der Waals surface area contributed by atoms with Crippen molar-refractivity contribution in [3.8, 4) is 5.75 Å². The Labute approximate surface area is 201 Å². The van der Waals surface area contributed by atoms with Gasteiger partial charge in [0.1, 0.15) is 5.75 Å². The van der Waals surface area contributed by atoms with Crippen molar-refractivity contribution in [2.24, 2.45) is 0 Å². The fraction of sp³-hybridized carbons (Fsp3) is 0.269. The van der Waals surface area contributed by atoms with Gasteiger partial charge in [0, 0.05) is 38.3 Å². The van der Waals surface area contributed by atoms with Crippen LogP contribution < -0.4 is 10.1 Å². The van der Waals surface area contributed by atoms with Crippen molar-refractivity contribution in [1.29, 1.82) is 0 Å². The van der Waals surface area contributed by atoms with Gasteiger partial charge in [0.15, 0.2) is 0 Å². The number of ether oxygens (including phenoxy) is 1. The van der Waals surface area contributed by atoms with Crippen LogP contribution in [0, 0.1) is 6.92 Å². The molecule has 0 bridgehead atoms. The van der Waals surface area contributed by atoms with Crippen LogP contribution in [-0.2, 0) is 16.6 Å². The smallest absolute Gasteiger partial charge is 0.255 e. The van der Waals surface area contributed by atoms with Gasteiger partial charge in [-0.2, -0.15) is 4.31 Å². The third-order valence-corrected chi connectivity index (χ3v) is 7.85. The van der Waals surface area contributed by atoms with Crippen molar-refractivity contribution < 1.29 is 17.9 Å². The Bertz CT molecular complexity index is 1250. The molecule has 0 aromatic heterocycles. The number of amides is 1.